The van der Waals surface area contributed by atoms with Crippen molar-refractivity contribution in [2.24, 2.45) is 28.8 Å². The molecule has 10 nitrogen and oxygen atoms in total. The third-order valence-electron chi connectivity index (χ3n) is 6.66. The summed E-state index contributed by atoms with van der Waals surface area (Å²) in [6.45, 7) is 1.43. The van der Waals surface area contributed by atoms with Gasteiger partial charge in [0.1, 0.15) is 0 Å². The first kappa shape index (κ1) is 22.5. The lowest BCUT2D eigenvalue weighted by Crippen LogP contribution is -2.28. The number of carbonyl (C=O) groups is 3. The van der Waals surface area contributed by atoms with Gasteiger partial charge in [0.15, 0.2) is 6.61 Å². The van der Waals surface area contributed by atoms with Crippen molar-refractivity contribution in [1.29, 1.82) is 0 Å². The van der Waals surface area contributed by atoms with Gasteiger partial charge < -0.3 is 10.1 Å². The van der Waals surface area contributed by atoms with E-state index in [2.05, 4.69) is 10.4 Å². The first-order valence-corrected chi connectivity index (χ1v) is 11.2. The van der Waals surface area contributed by atoms with E-state index in [1.807, 2.05) is 31.2 Å². The number of nitro groups is 1. The maximum absolute atomic E-state index is 12.8. The molecule has 2 bridgehead atoms. The Morgan fingerprint density at radius 1 is 1.14 bits per heavy atom. The maximum Gasteiger partial charge on any atom is 0.311 e. The molecule has 0 unspecified atom stereocenters. The molecule has 10 heteroatoms. The summed E-state index contributed by atoms with van der Waals surface area (Å²) in [5, 5.41) is 19.2. The minimum absolute atomic E-state index is 0.0467. The number of carbonyl (C=O) groups excluding carboxylic acids is 3. The minimum atomic E-state index is -0.634. The number of ether oxygens (including phenoxy) is 1. The van der Waals surface area contributed by atoms with Crippen LogP contribution in [-0.4, -0.2) is 40.5 Å². The molecule has 35 heavy (non-hydrogen) atoms. The first-order chi connectivity index (χ1) is 16.8. The van der Waals surface area contributed by atoms with E-state index in [-0.39, 0.29) is 40.7 Å². The van der Waals surface area contributed by atoms with Crippen LogP contribution in [0.4, 0.5) is 11.4 Å². The lowest BCUT2D eigenvalue weighted by molar-refractivity contribution is -0.385. The predicted octanol–water partition coefficient (Wildman–Crippen LogP) is 3.06. The van der Waals surface area contributed by atoms with Gasteiger partial charge in [-0.1, -0.05) is 35.9 Å². The van der Waals surface area contributed by atoms with Crippen LogP contribution in [0.25, 0.3) is 0 Å². The molecular weight excluding hydrogens is 452 g/mol. The molecule has 2 aliphatic carbocycles. The molecule has 2 fully saturated rings. The van der Waals surface area contributed by atoms with E-state index in [9.17, 15) is 24.5 Å². The fourth-order valence-electron chi connectivity index (χ4n) is 5.04. The Kier molecular flexibility index (Phi) is 5.64. The summed E-state index contributed by atoms with van der Waals surface area (Å²) in [5.41, 5.74) is 1.40. The van der Waals surface area contributed by atoms with E-state index in [4.69, 9.17) is 4.74 Å². The van der Waals surface area contributed by atoms with Crippen LogP contribution < -0.4 is 10.1 Å². The van der Waals surface area contributed by atoms with Crippen LogP contribution >= 0.6 is 0 Å². The van der Waals surface area contributed by atoms with E-state index in [1.165, 1.54) is 24.4 Å². The number of hydrazone groups is 1. The van der Waals surface area contributed by atoms with E-state index >= 15 is 0 Å². The monoisotopic (exact) mass is 474 g/mol. The van der Waals surface area contributed by atoms with Crippen molar-refractivity contribution in [1.82, 2.24) is 5.01 Å². The number of amides is 3. The second kappa shape index (κ2) is 8.79. The number of nitro benzene ring substituents is 1. The SMILES string of the molecule is Cc1ccc(NC(=O)COc2c(C=NN3C(=O)[C@@H]4[C@H](C3=O)[C@H]3C=C[C@H]4C3)cccc2[N+](=O)[O-])cc1. The van der Waals surface area contributed by atoms with Gasteiger partial charge in [0.2, 0.25) is 5.75 Å². The topological polar surface area (TPSA) is 131 Å². The smallest absolute Gasteiger partial charge is 0.311 e. The number of imide groups is 1. The first-order valence-electron chi connectivity index (χ1n) is 11.2. The third kappa shape index (κ3) is 4.07. The highest BCUT2D eigenvalue weighted by atomic mass is 16.6. The van der Waals surface area contributed by atoms with Crippen LogP contribution in [0.1, 0.15) is 17.5 Å². The van der Waals surface area contributed by atoms with Gasteiger partial charge in [0, 0.05) is 17.3 Å². The van der Waals surface area contributed by atoms with E-state index in [0.717, 1.165) is 17.0 Å². The zero-order valence-corrected chi connectivity index (χ0v) is 18.8. The molecule has 3 aliphatic rings. The van der Waals surface area contributed by atoms with Crippen LogP contribution in [0.2, 0.25) is 0 Å². The number of hydrogen-bond donors (Lipinski definition) is 1. The van der Waals surface area contributed by atoms with Crippen LogP contribution in [0.15, 0.2) is 59.7 Å². The van der Waals surface area contributed by atoms with Gasteiger partial charge in [0.25, 0.3) is 17.7 Å². The van der Waals surface area contributed by atoms with Gasteiger partial charge in [0.05, 0.1) is 23.0 Å². The van der Waals surface area contributed by atoms with Gasteiger partial charge in [-0.2, -0.15) is 10.1 Å². The number of fused-ring (bicyclic) bond motifs is 5. The van der Waals surface area contributed by atoms with E-state index in [0.29, 0.717) is 5.69 Å². The van der Waals surface area contributed by atoms with Crippen molar-refractivity contribution in [2.75, 3.05) is 11.9 Å². The molecule has 0 radical (unpaired) electrons. The van der Waals surface area contributed by atoms with Crippen LogP contribution in [0, 0.1) is 40.7 Å². The molecule has 3 amide bonds. The molecular formula is C25H22N4O6. The number of allylic oxidation sites excluding steroid dienone is 2. The number of aryl methyl sites for hydroxylation is 1. The molecule has 0 spiro atoms. The number of nitrogens with zero attached hydrogens (tertiary/aromatic N) is 3. The number of rotatable bonds is 7. The zero-order valence-electron chi connectivity index (χ0n) is 18.8. The normalized spacial score (nSPS) is 24.3. The fourth-order valence-corrected chi connectivity index (χ4v) is 5.04. The van der Waals surface area contributed by atoms with Crippen molar-refractivity contribution in [2.45, 2.75) is 13.3 Å². The Bertz CT molecular complexity index is 1260. The summed E-state index contributed by atoms with van der Waals surface area (Å²) in [6, 6.07) is 11.3. The number of para-hydroxylation sites is 1. The maximum atomic E-state index is 12.8. The molecule has 1 saturated heterocycles. The molecule has 2 aromatic carbocycles. The molecule has 178 valence electrons. The van der Waals surface area contributed by atoms with Gasteiger partial charge in [-0.25, -0.2) is 0 Å². The summed E-state index contributed by atoms with van der Waals surface area (Å²) in [7, 11) is 0. The number of anilines is 1. The van der Waals surface area contributed by atoms with Crippen LogP contribution in [0.5, 0.6) is 5.75 Å². The molecule has 1 N–H and O–H groups in total. The van der Waals surface area contributed by atoms with Crippen molar-refractivity contribution in [3.8, 4) is 5.75 Å². The van der Waals surface area contributed by atoms with Gasteiger partial charge in [-0.15, -0.1) is 0 Å². The second-order valence-corrected chi connectivity index (χ2v) is 8.89. The molecule has 1 heterocycles. The summed E-state index contributed by atoms with van der Waals surface area (Å²) in [6.07, 6.45) is 5.96. The zero-order chi connectivity index (χ0) is 24.7. The molecule has 2 aromatic rings. The lowest BCUT2D eigenvalue weighted by Gasteiger charge is -2.13. The largest absolute Gasteiger partial charge is 0.476 e. The number of nitrogens with one attached hydrogen (secondary N) is 1. The molecule has 1 saturated carbocycles. The van der Waals surface area contributed by atoms with E-state index in [1.54, 1.807) is 12.1 Å². The molecule has 5 rings (SSSR count). The molecule has 4 atom stereocenters. The average Bonchev–Trinajstić information content (AvgIpc) is 3.52. The number of benzene rings is 2. The van der Waals surface area contributed by atoms with E-state index < -0.39 is 29.3 Å². The Morgan fingerprint density at radius 2 is 1.80 bits per heavy atom. The molecule has 0 aromatic heterocycles. The van der Waals surface area contributed by atoms with Crippen molar-refractivity contribution < 1.29 is 24.0 Å². The van der Waals surface area contributed by atoms with Crippen molar-refractivity contribution in [3.05, 3.63) is 75.9 Å². The predicted molar refractivity (Wildman–Crippen MR) is 126 cm³/mol. The van der Waals surface area contributed by atoms with Gasteiger partial charge in [-0.3, -0.25) is 24.5 Å². The van der Waals surface area contributed by atoms with Crippen molar-refractivity contribution >= 4 is 35.3 Å². The summed E-state index contributed by atoms with van der Waals surface area (Å²) >= 11 is 0. The lowest BCUT2D eigenvalue weighted by atomic mass is 9.85. The highest BCUT2D eigenvalue weighted by Gasteiger charge is 2.59. The van der Waals surface area contributed by atoms with Gasteiger partial charge in [-0.05, 0) is 43.4 Å². The Hall–Kier alpha value is -4.34. The average molecular weight is 474 g/mol. The fraction of sp³-hybridized carbons (Fsp3) is 0.280. The highest BCUT2D eigenvalue weighted by Crippen LogP contribution is 2.52. The Labute approximate surface area is 200 Å². The van der Waals surface area contributed by atoms with Crippen molar-refractivity contribution in [3.63, 3.8) is 0 Å². The standard InChI is InChI=1S/C25H22N4O6/c1-14-5-9-18(10-6-14)27-20(30)13-35-23-17(3-2-4-19(23)29(33)34)12-26-28-24(31)21-15-7-8-16(11-15)22(21)25(28)32/h2-10,12,15-16,21-22H,11,13H2,1H3,(H,27,30)/t15-,16-,21-,22+/m0/s1. The van der Waals surface area contributed by atoms with Gasteiger partial charge >= 0.3 is 5.69 Å². The van der Waals surface area contributed by atoms with Crippen LogP contribution in [-0.2, 0) is 14.4 Å². The third-order valence-corrected chi connectivity index (χ3v) is 6.66. The molecule has 1 aliphatic heterocycles. The summed E-state index contributed by atoms with van der Waals surface area (Å²) in [4.78, 5) is 49.0. The van der Waals surface area contributed by atoms with Crippen LogP contribution in [0.3, 0.4) is 0 Å². The Balaban J connectivity index is 1.34. The Morgan fingerprint density at radius 3 is 2.43 bits per heavy atom. The number of hydrogen-bond acceptors (Lipinski definition) is 7. The highest BCUT2D eigenvalue weighted by molar-refractivity contribution is 6.07. The second-order valence-electron chi connectivity index (χ2n) is 8.89. The summed E-state index contributed by atoms with van der Waals surface area (Å²) < 4.78 is 5.53. The minimum Gasteiger partial charge on any atom is -0.476 e. The summed E-state index contributed by atoms with van der Waals surface area (Å²) in [5.74, 6) is -2.12. The quantitative estimate of drug-likeness (QED) is 0.216.